The summed E-state index contributed by atoms with van der Waals surface area (Å²) in [6.45, 7) is 4.58. The maximum atomic E-state index is 12.8. The van der Waals surface area contributed by atoms with Crippen molar-refractivity contribution in [3.05, 3.63) is 15.8 Å². The number of thiophene rings is 1. The van der Waals surface area contributed by atoms with Gasteiger partial charge in [0.25, 0.3) is 0 Å². The first-order valence-electron chi connectivity index (χ1n) is 6.67. The Bertz CT molecular complexity index is 535. The lowest BCUT2D eigenvalue weighted by Crippen LogP contribution is -2.34. The zero-order chi connectivity index (χ0) is 14.0. The molecule has 0 atom stereocenters. The second kappa shape index (κ2) is 6.12. The van der Waals surface area contributed by atoms with Crippen LogP contribution in [0.4, 0.5) is 0 Å². The van der Waals surface area contributed by atoms with E-state index in [9.17, 15) is 8.42 Å². The standard InChI is InChI=1S/C13H20ClNO2S2/c1-3-4-7-15(11-5-6-11)19(16,17)13-8-12(9-14)18-10(13)2/h8,11H,3-7,9H2,1-2H3. The highest BCUT2D eigenvalue weighted by Gasteiger charge is 2.38. The molecule has 108 valence electrons. The van der Waals surface area contributed by atoms with Crippen molar-refractivity contribution in [2.75, 3.05) is 6.54 Å². The first kappa shape index (κ1) is 15.3. The van der Waals surface area contributed by atoms with Gasteiger partial charge in [0.2, 0.25) is 10.0 Å². The zero-order valence-corrected chi connectivity index (χ0v) is 13.7. The van der Waals surface area contributed by atoms with Crippen molar-refractivity contribution in [1.82, 2.24) is 4.31 Å². The van der Waals surface area contributed by atoms with Crippen LogP contribution in [-0.4, -0.2) is 25.3 Å². The highest BCUT2D eigenvalue weighted by atomic mass is 35.5. The minimum absolute atomic E-state index is 0.218. The van der Waals surface area contributed by atoms with E-state index in [1.807, 2.05) is 6.92 Å². The maximum absolute atomic E-state index is 12.8. The summed E-state index contributed by atoms with van der Waals surface area (Å²) in [6.07, 6.45) is 3.92. The molecule has 1 aliphatic rings. The van der Waals surface area contributed by atoms with Crippen molar-refractivity contribution in [3.8, 4) is 0 Å². The van der Waals surface area contributed by atoms with Crippen LogP contribution in [-0.2, 0) is 15.9 Å². The maximum Gasteiger partial charge on any atom is 0.244 e. The summed E-state index contributed by atoms with van der Waals surface area (Å²) in [5.74, 6) is 0.374. The molecule has 6 heteroatoms. The number of rotatable bonds is 7. The SMILES string of the molecule is CCCCN(C1CC1)S(=O)(=O)c1cc(CCl)sc1C. The lowest BCUT2D eigenvalue weighted by Gasteiger charge is -2.21. The van der Waals surface area contributed by atoms with E-state index in [1.165, 1.54) is 11.3 Å². The monoisotopic (exact) mass is 321 g/mol. The van der Waals surface area contributed by atoms with E-state index in [0.29, 0.717) is 17.3 Å². The predicted molar refractivity (Wildman–Crippen MR) is 80.4 cm³/mol. The van der Waals surface area contributed by atoms with E-state index in [2.05, 4.69) is 6.92 Å². The summed E-state index contributed by atoms with van der Waals surface area (Å²) in [7, 11) is -3.34. The topological polar surface area (TPSA) is 37.4 Å². The van der Waals surface area contributed by atoms with Gasteiger partial charge in [-0.15, -0.1) is 22.9 Å². The third-order valence-electron chi connectivity index (χ3n) is 3.33. The van der Waals surface area contributed by atoms with Gasteiger partial charge in [-0.1, -0.05) is 13.3 Å². The van der Waals surface area contributed by atoms with Gasteiger partial charge in [0.15, 0.2) is 0 Å². The lowest BCUT2D eigenvalue weighted by atomic mass is 10.3. The van der Waals surface area contributed by atoms with Crippen molar-refractivity contribution in [3.63, 3.8) is 0 Å². The molecule has 0 amide bonds. The Hall–Kier alpha value is -0.100. The smallest absolute Gasteiger partial charge is 0.207 e. The average molecular weight is 322 g/mol. The number of nitrogens with zero attached hydrogens (tertiary/aromatic N) is 1. The molecule has 0 aromatic carbocycles. The van der Waals surface area contributed by atoms with Gasteiger partial charge < -0.3 is 0 Å². The fraction of sp³-hybridized carbons (Fsp3) is 0.692. The summed E-state index contributed by atoms with van der Waals surface area (Å²) < 4.78 is 27.2. The molecule has 1 aromatic rings. The Labute approximate surface area is 124 Å². The third-order valence-corrected chi connectivity index (χ3v) is 7.03. The molecule has 1 fully saturated rings. The number of aryl methyl sites for hydroxylation is 1. The largest absolute Gasteiger partial charge is 0.244 e. The molecule has 1 aliphatic carbocycles. The van der Waals surface area contributed by atoms with Gasteiger partial charge >= 0.3 is 0 Å². The number of hydrogen-bond acceptors (Lipinski definition) is 3. The van der Waals surface area contributed by atoms with Crippen molar-refractivity contribution in [2.24, 2.45) is 0 Å². The molecule has 0 saturated heterocycles. The average Bonchev–Trinajstić information content (AvgIpc) is 3.11. The highest BCUT2D eigenvalue weighted by Crippen LogP contribution is 2.35. The molecule has 0 radical (unpaired) electrons. The highest BCUT2D eigenvalue weighted by molar-refractivity contribution is 7.89. The molecule has 1 heterocycles. The second-order valence-electron chi connectivity index (χ2n) is 4.97. The number of unbranched alkanes of at least 4 members (excludes halogenated alkanes) is 1. The molecule has 0 aliphatic heterocycles. The first-order valence-corrected chi connectivity index (χ1v) is 9.47. The lowest BCUT2D eigenvalue weighted by molar-refractivity contribution is 0.395. The summed E-state index contributed by atoms with van der Waals surface area (Å²) in [4.78, 5) is 2.22. The molecule has 1 saturated carbocycles. The molecule has 2 rings (SSSR count). The van der Waals surface area contributed by atoms with Gasteiger partial charge in [0.05, 0.1) is 10.8 Å². The second-order valence-corrected chi connectivity index (χ2v) is 8.43. The van der Waals surface area contributed by atoms with Crippen molar-refractivity contribution in [2.45, 2.75) is 56.3 Å². The van der Waals surface area contributed by atoms with Crippen LogP contribution in [0.1, 0.15) is 42.4 Å². The van der Waals surface area contributed by atoms with E-state index >= 15 is 0 Å². The summed E-state index contributed by atoms with van der Waals surface area (Å²) in [6, 6.07) is 1.96. The third kappa shape index (κ3) is 3.32. The number of halogens is 1. The van der Waals surface area contributed by atoms with Crippen molar-refractivity contribution in [1.29, 1.82) is 0 Å². The Morgan fingerprint density at radius 2 is 2.16 bits per heavy atom. The molecule has 0 bridgehead atoms. The van der Waals surface area contributed by atoms with E-state index in [1.54, 1.807) is 10.4 Å². The van der Waals surface area contributed by atoms with E-state index in [4.69, 9.17) is 11.6 Å². The van der Waals surface area contributed by atoms with Crippen molar-refractivity contribution >= 4 is 33.0 Å². The van der Waals surface area contributed by atoms with Crippen LogP contribution < -0.4 is 0 Å². The van der Waals surface area contributed by atoms with Crippen LogP contribution >= 0.6 is 22.9 Å². The van der Waals surface area contributed by atoms with Gasteiger partial charge in [-0.05, 0) is 32.3 Å². The molecule has 0 spiro atoms. The molecule has 1 aromatic heterocycles. The molecule has 0 unspecified atom stereocenters. The molecule has 19 heavy (non-hydrogen) atoms. The van der Waals surface area contributed by atoms with E-state index in [0.717, 1.165) is 35.4 Å². The van der Waals surface area contributed by atoms with Gasteiger partial charge in [0.1, 0.15) is 0 Å². The minimum atomic E-state index is -3.34. The Balaban J connectivity index is 2.30. The summed E-state index contributed by atoms with van der Waals surface area (Å²) >= 11 is 7.28. The number of hydrogen-bond donors (Lipinski definition) is 0. The fourth-order valence-electron chi connectivity index (χ4n) is 2.15. The predicted octanol–water partition coefficient (Wildman–Crippen LogP) is 3.75. The quantitative estimate of drug-likeness (QED) is 0.717. The molecular formula is C13H20ClNO2S2. The number of alkyl halides is 1. The van der Waals surface area contributed by atoms with Gasteiger partial charge in [0, 0.05) is 22.3 Å². The van der Waals surface area contributed by atoms with Gasteiger partial charge in [-0.25, -0.2) is 8.42 Å². The van der Waals surface area contributed by atoms with Crippen LogP contribution in [0, 0.1) is 6.92 Å². The zero-order valence-electron chi connectivity index (χ0n) is 11.4. The Kier molecular flexibility index (Phi) is 4.93. The van der Waals surface area contributed by atoms with E-state index in [-0.39, 0.29) is 6.04 Å². The summed E-state index contributed by atoms with van der Waals surface area (Å²) in [5, 5.41) is 0. The van der Waals surface area contributed by atoms with Gasteiger partial charge in [-0.2, -0.15) is 4.31 Å². The van der Waals surface area contributed by atoms with Crippen LogP contribution in [0.15, 0.2) is 11.0 Å². The minimum Gasteiger partial charge on any atom is -0.207 e. The van der Waals surface area contributed by atoms with Crippen LogP contribution in [0.2, 0.25) is 0 Å². The van der Waals surface area contributed by atoms with Crippen LogP contribution in [0.3, 0.4) is 0 Å². The van der Waals surface area contributed by atoms with Gasteiger partial charge in [-0.3, -0.25) is 0 Å². The fourth-order valence-corrected chi connectivity index (χ4v) is 5.57. The Morgan fingerprint density at radius 1 is 1.47 bits per heavy atom. The summed E-state index contributed by atoms with van der Waals surface area (Å²) in [5.41, 5.74) is 0. The van der Waals surface area contributed by atoms with Crippen molar-refractivity contribution < 1.29 is 8.42 Å². The molecule has 3 nitrogen and oxygen atoms in total. The Morgan fingerprint density at radius 3 is 2.63 bits per heavy atom. The first-order chi connectivity index (χ1) is 9.00. The normalized spacial score (nSPS) is 16.2. The molecular weight excluding hydrogens is 302 g/mol. The number of sulfonamides is 1. The van der Waals surface area contributed by atoms with E-state index < -0.39 is 10.0 Å². The van der Waals surface area contributed by atoms with Crippen LogP contribution in [0.5, 0.6) is 0 Å². The molecule has 0 N–H and O–H groups in total. The van der Waals surface area contributed by atoms with Crippen LogP contribution in [0.25, 0.3) is 0 Å².